The molecule has 6 heteroatoms. The van der Waals surface area contributed by atoms with Crippen LogP contribution in [0.5, 0.6) is 0 Å². The average molecular weight is 339 g/mol. The number of hydrogen-bond acceptors (Lipinski definition) is 4. The minimum atomic E-state index is -0.230. The van der Waals surface area contributed by atoms with Crippen LogP contribution in [0.2, 0.25) is 0 Å². The lowest BCUT2D eigenvalue weighted by Crippen LogP contribution is -2.51. The van der Waals surface area contributed by atoms with Crippen molar-refractivity contribution < 1.29 is 4.79 Å². The molecule has 1 saturated heterocycles. The molecule has 6 nitrogen and oxygen atoms in total. The molecule has 132 valence electrons. The standard InChI is InChI=1S/C19H25N5O/c1-24-13-14(12-20-24)16-11-17(23-22-16)18(25)21-19(9-5-6-10-19)15-7-3-2-4-8-15/h2-4,7-8,12-13,16-17,22-23H,5-6,9-11H2,1H3,(H,21,25). The molecule has 2 fully saturated rings. The molecule has 3 N–H and O–H groups in total. The molecule has 0 bridgehead atoms. The Labute approximate surface area is 148 Å². The summed E-state index contributed by atoms with van der Waals surface area (Å²) < 4.78 is 1.79. The molecular formula is C19H25N5O. The van der Waals surface area contributed by atoms with Gasteiger partial charge in [-0.05, 0) is 24.8 Å². The Morgan fingerprint density at radius 2 is 2.00 bits per heavy atom. The van der Waals surface area contributed by atoms with Gasteiger partial charge in [-0.3, -0.25) is 9.48 Å². The number of amides is 1. The number of nitrogens with zero attached hydrogens (tertiary/aromatic N) is 2. The summed E-state index contributed by atoms with van der Waals surface area (Å²) in [5.74, 6) is 0.0737. The molecule has 1 aliphatic heterocycles. The summed E-state index contributed by atoms with van der Waals surface area (Å²) in [4.78, 5) is 12.9. The van der Waals surface area contributed by atoms with Gasteiger partial charge in [0, 0.05) is 18.8 Å². The van der Waals surface area contributed by atoms with Crippen molar-refractivity contribution in [2.24, 2.45) is 7.05 Å². The van der Waals surface area contributed by atoms with Crippen LogP contribution < -0.4 is 16.2 Å². The van der Waals surface area contributed by atoms with Crippen molar-refractivity contribution >= 4 is 5.91 Å². The third-order valence-corrected chi connectivity index (χ3v) is 5.49. The fourth-order valence-corrected chi connectivity index (χ4v) is 4.11. The first-order chi connectivity index (χ1) is 12.2. The molecule has 4 rings (SSSR count). The van der Waals surface area contributed by atoms with Crippen LogP contribution in [-0.4, -0.2) is 21.7 Å². The van der Waals surface area contributed by atoms with E-state index < -0.39 is 0 Å². The van der Waals surface area contributed by atoms with Crippen molar-refractivity contribution in [2.45, 2.75) is 49.7 Å². The van der Waals surface area contributed by atoms with Crippen molar-refractivity contribution in [2.75, 3.05) is 0 Å². The molecule has 2 aromatic rings. The van der Waals surface area contributed by atoms with Crippen LogP contribution in [-0.2, 0) is 17.4 Å². The van der Waals surface area contributed by atoms with Crippen LogP contribution in [0.1, 0.15) is 49.3 Å². The van der Waals surface area contributed by atoms with Gasteiger partial charge in [-0.25, -0.2) is 10.9 Å². The summed E-state index contributed by atoms with van der Waals surface area (Å²) in [7, 11) is 1.90. The number of carbonyl (C=O) groups excluding carboxylic acids is 1. The first-order valence-electron chi connectivity index (χ1n) is 9.03. The number of aromatic nitrogens is 2. The van der Waals surface area contributed by atoms with Crippen LogP contribution >= 0.6 is 0 Å². The second-order valence-corrected chi connectivity index (χ2v) is 7.22. The van der Waals surface area contributed by atoms with Gasteiger partial charge in [-0.2, -0.15) is 5.10 Å². The summed E-state index contributed by atoms with van der Waals surface area (Å²) in [6.07, 6.45) is 8.89. The van der Waals surface area contributed by atoms with E-state index >= 15 is 0 Å². The molecule has 2 atom stereocenters. The van der Waals surface area contributed by atoms with E-state index in [0.717, 1.165) is 37.7 Å². The fourth-order valence-electron chi connectivity index (χ4n) is 4.11. The first-order valence-corrected chi connectivity index (χ1v) is 9.03. The van der Waals surface area contributed by atoms with Gasteiger partial charge >= 0.3 is 0 Å². The van der Waals surface area contributed by atoms with E-state index in [1.807, 2.05) is 25.5 Å². The maximum Gasteiger partial charge on any atom is 0.239 e. The lowest BCUT2D eigenvalue weighted by Gasteiger charge is -2.32. The Balaban J connectivity index is 1.46. The number of hydrogen-bond donors (Lipinski definition) is 3. The topological polar surface area (TPSA) is 71.0 Å². The number of hydrazine groups is 1. The lowest BCUT2D eigenvalue weighted by atomic mass is 9.87. The van der Waals surface area contributed by atoms with Gasteiger partial charge in [0.05, 0.1) is 17.8 Å². The zero-order valence-corrected chi connectivity index (χ0v) is 14.5. The zero-order chi connectivity index (χ0) is 17.3. The molecule has 1 aromatic carbocycles. The van der Waals surface area contributed by atoms with Gasteiger partial charge in [-0.15, -0.1) is 0 Å². The molecule has 1 saturated carbocycles. The average Bonchev–Trinajstić information content (AvgIpc) is 3.36. The van der Waals surface area contributed by atoms with Crippen LogP contribution in [0.25, 0.3) is 0 Å². The molecule has 1 amide bonds. The monoisotopic (exact) mass is 339 g/mol. The highest BCUT2D eigenvalue weighted by Gasteiger charge is 2.40. The van der Waals surface area contributed by atoms with Crippen LogP contribution in [0.3, 0.4) is 0 Å². The zero-order valence-electron chi connectivity index (χ0n) is 14.5. The predicted octanol–water partition coefficient (Wildman–Crippen LogP) is 1.91. The Kier molecular flexibility index (Phi) is 4.31. The Hall–Kier alpha value is -2.18. The maximum atomic E-state index is 12.9. The number of benzene rings is 1. The molecule has 2 heterocycles. The third kappa shape index (κ3) is 3.19. The van der Waals surface area contributed by atoms with E-state index in [1.54, 1.807) is 4.68 Å². The minimum Gasteiger partial charge on any atom is -0.345 e. The highest BCUT2D eigenvalue weighted by molar-refractivity contribution is 5.83. The second-order valence-electron chi connectivity index (χ2n) is 7.22. The minimum absolute atomic E-state index is 0.0737. The molecule has 25 heavy (non-hydrogen) atoms. The smallest absolute Gasteiger partial charge is 0.239 e. The highest BCUT2D eigenvalue weighted by Crippen LogP contribution is 2.39. The van der Waals surface area contributed by atoms with Crippen molar-refractivity contribution in [3.05, 3.63) is 53.9 Å². The van der Waals surface area contributed by atoms with Gasteiger partial charge in [0.2, 0.25) is 5.91 Å². The van der Waals surface area contributed by atoms with E-state index in [9.17, 15) is 4.79 Å². The molecule has 2 aliphatic rings. The van der Waals surface area contributed by atoms with Gasteiger partial charge in [0.15, 0.2) is 0 Å². The highest BCUT2D eigenvalue weighted by atomic mass is 16.2. The molecule has 1 aliphatic carbocycles. The van der Waals surface area contributed by atoms with Crippen LogP contribution in [0, 0.1) is 0 Å². The second kappa shape index (κ2) is 6.61. The van der Waals surface area contributed by atoms with Crippen molar-refractivity contribution in [1.82, 2.24) is 25.9 Å². The Morgan fingerprint density at radius 1 is 1.24 bits per heavy atom. The summed E-state index contributed by atoms with van der Waals surface area (Å²) in [5.41, 5.74) is 8.49. The number of rotatable bonds is 4. The van der Waals surface area contributed by atoms with Crippen molar-refractivity contribution in [3.63, 3.8) is 0 Å². The molecular weight excluding hydrogens is 314 g/mol. The summed E-state index contributed by atoms with van der Waals surface area (Å²) in [6, 6.07) is 10.3. The molecule has 1 aromatic heterocycles. The Morgan fingerprint density at radius 3 is 2.68 bits per heavy atom. The normalized spacial score (nSPS) is 25.2. The van der Waals surface area contributed by atoms with E-state index in [1.165, 1.54) is 5.56 Å². The third-order valence-electron chi connectivity index (χ3n) is 5.49. The quantitative estimate of drug-likeness (QED) is 0.796. The number of carbonyl (C=O) groups is 1. The predicted molar refractivity (Wildman–Crippen MR) is 95.4 cm³/mol. The van der Waals surface area contributed by atoms with Crippen molar-refractivity contribution in [1.29, 1.82) is 0 Å². The molecule has 0 spiro atoms. The van der Waals surface area contributed by atoms with Gasteiger partial charge in [0.25, 0.3) is 0 Å². The number of nitrogens with one attached hydrogen (secondary N) is 3. The van der Waals surface area contributed by atoms with Gasteiger partial charge < -0.3 is 5.32 Å². The SMILES string of the molecule is Cn1cc(C2CC(C(=O)NC3(c4ccccc4)CCCC3)NN2)cn1. The first kappa shape index (κ1) is 16.3. The summed E-state index contributed by atoms with van der Waals surface area (Å²) in [6.45, 7) is 0. The van der Waals surface area contributed by atoms with E-state index in [4.69, 9.17) is 0 Å². The van der Waals surface area contributed by atoms with E-state index in [-0.39, 0.29) is 23.5 Å². The van der Waals surface area contributed by atoms with Crippen molar-refractivity contribution in [3.8, 4) is 0 Å². The van der Waals surface area contributed by atoms with Gasteiger partial charge in [-0.1, -0.05) is 43.2 Å². The lowest BCUT2D eigenvalue weighted by molar-refractivity contribution is -0.125. The fraction of sp³-hybridized carbons (Fsp3) is 0.474. The largest absolute Gasteiger partial charge is 0.345 e. The summed E-state index contributed by atoms with van der Waals surface area (Å²) in [5, 5.41) is 7.58. The van der Waals surface area contributed by atoms with E-state index in [0.29, 0.717) is 0 Å². The van der Waals surface area contributed by atoms with Crippen LogP contribution in [0.15, 0.2) is 42.7 Å². The van der Waals surface area contributed by atoms with Crippen LogP contribution in [0.4, 0.5) is 0 Å². The Bertz CT molecular complexity index is 735. The molecule has 2 unspecified atom stereocenters. The van der Waals surface area contributed by atoms with E-state index in [2.05, 4.69) is 45.5 Å². The molecule has 0 radical (unpaired) electrons. The maximum absolute atomic E-state index is 12.9. The summed E-state index contributed by atoms with van der Waals surface area (Å²) >= 11 is 0. The van der Waals surface area contributed by atoms with Gasteiger partial charge in [0.1, 0.15) is 6.04 Å². The number of aryl methyl sites for hydroxylation is 1.